The van der Waals surface area contributed by atoms with Crippen molar-refractivity contribution in [3.05, 3.63) is 59.7 Å². The van der Waals surface area contributed by atoms with Crippen LogP contribution in [0.5, 0.6) is 5.75 Å². The predicted octanol–water partition coefficient (Wildman–Crippen LogP) is 3.71. The Labute approximate surface area is 119 Å². The van der Waals surface area contributed by atoms with E-state index in [9.17, 15) is 4.79 Å². The molecule has 2 aromatic rings. The summed E-state index contributed by atoms with van der Waals surface area (Å²) in [7, 11) is 0. The van der Waals surface area contributed by atoms with E-state index in [0.717, 1.165) is 16.8 Å². The third-order valence-corrected chi connectivity index (χ3v) is 2.99. The number of rotatable bonds is 4. The van der Waals surface area contributed by atoms with Crippen molar-refractivity contribution in [3.63, 3.8) is 0 Å². The van der Waals surface area contributed by atoms with Crippen molar-refractivity contribution < 1.29 is 9.53 Å². The van der Waals surface area contributed by atoms with Crippen molar-refractivity contribution in [1.29, 1.82) is 0 Å². The number of amides is 1. The third kappa shape index (κ3) is 3.85. The molecule has 0 heterocycles. The minimum absolute atomic E-state index is 0.156. The Hall–Kier alpha value is -2.29. The van der Waals surface area contributed by atoms with Gasteiger partial charge in [0.25, 0.3) is 5.91 Å². The van der Waals surface area contributed by atoms with Crippen molar-refractivity contribution >= 4 is 11.6 Å². The highest BCUT2D eigenvalue weighted by atomic mass is 16.5. The molecular formula is C17H19NO2. The summed E-state index contributed by atoms with van der Waals surface area (Å²) in [5.74, 6) is 0.540. The summed E-state index contributed by atoms with van der Waals surface area (Å²) in [6.45, 7) is 5.74. The monoisotopic (exact) mass is 269 g/mol. The summed E-state index contributed by atoms with van der Waals surface area (Å²) >= 11 is 0. The molecule has 1 unspecified atom stereocenters. The molecule has 1 amide bonds. The molecule has 0 spiro atoms. The lowest BCUT2D eigenvalue weighted by Crippen LogP contribution is -2.30. The van der Waals surface area contributed by atoms with Crippen LogP contribution in [0.15, 0.2) is 48.5 Å². The second kappa shape index (κ2) is 6.24. The van der Waals surface area contributed by atoms with Crippen molar-refractivity contribution in [2.45, 2.75) is 26.9 Å². The Kier molecular flexibility index (Phi) is 4.41. The van der Waals surface area contributed by atoms with Crippen LogP contribution in [0.25, 0.3) is 0 Å². The quantitative estimate of drug-likeness (QED) is 0.919. The maximum Gasteiger partial charge on any atom is 0.265 e. The van der Waals surface area contributed by atoms with Gasteiger partial charge < -0.3 is 10.1 Å². The smallest absolute Gasteiger partial charge is 0.265 e. The van der Waals surface area contributed by atoms with Crippen LogP contribution in [-0.4, -0.2) is 12.0 Å². The highest BCUT2D eigenvalue weighted by molar-refractivity contribution is 5.94. The van der Waals surface area contributed by atoms with Crippen molar-refractivity contribution in [3.8, 4) is 5.75 Å². The highest BCUT2D eigenvalue weighted by Crippen LogP contribution is 2.15. The van der Waals surface area contributed by atoms with Crippen LogP contribution in [0.4, 0.5) is 5.69 Å². The van der Waals surface area contributed by atoms with E-state index < -0.39 is 6.10 Å². The average molecular weight is 269 g/mol. The number of nitrogens with one attached hydrogen (secondary N) is 1. The minimum atomic E-state index is -0.543. The number of anilines is 1. The van der Waals surface area contributed by atoms with Gasteiger partial charge in [0.15, 0.2) is 6.10 Å². The van der Waals surface area contributed by atoms with Crippen molar-refractivity contribution in [2.24, 2.45) is 0 Å². The Morgan fingerprint density at radius 3 is 2.40 bits per heavy atom. The molecule has 104 valence electrons. The van der Waals surface area contributed by atoms with E-state index in [1.807, 2.05) is 62.4 Å². The second-order valence-electron chi connectivity index (χ2n) is 4.93. The summed E-state index contributed by atoms with van der Waals surface area (Å²) < 4.78 is 5.62. The maximum atomic E-state index is 12.1. The average Bonchev–Trinajstić information content (AvgIpc) is 2.41. The molecule has 0 bridgehead atoms. The van der Waals surface area contributed by atoms with Gasteiger partial charge in [-0.05, 0) is 50.6 Å². The SMILES string of the molecule is Cc1ccc(OC(C)C(=O)Nc2cccc(C)c2)cc1. The van der Waals surface area contributed by atoms with Gasteiger partial charge in [0.2, 0.25) is 0 Å². The van der Waals surface area contributed by atoms with Gasteiger partial charge in [-0.25, -0.2) is 0 Å². The molecule has 0 aliphatic carbocycles. The molecule has 0 saturated heterocycles. The van der Waals surface area contributed by atoms with Gasteiger partial charge in [0.05, 0.1) is 0 Å². The first-order valence-corrected chi connectivity index (χ1v) is 6.65. The van der Waals surface area contributed by atoms with Gasteiger partial charge in [0, 0.05) is 5.69 Å². The molecule has 0 radical (unpaired) electrons. The lowest BCUT2D eigenvalue weighted by Gasteiger charge is -2.15. The van der Waals surface area contributed by atoms with Gasteiger partial charge in [-0.3, -0.25) is 4.79 Å². The van der Waals surface area contributed by atoms with E-state index in [0.29, 0.717) is 5.75 Å². The van der Waals surface area contributed by atoms with Crippen molar-refractivity contribution in [1.82, 2.24) is 0 Å². The molecule has 2 rings (SSSR count). The molecule has 0 aliphatic heterocycles. The molecule has 3 heteroatoms. The summed E-state index contributed by atoms with van der Waals surface area (Å²) in [6.07, 6.45) is -0.543. The molecule has 1 atom stereocenters. The maximum absolute atomic E-state index is 12.1. The molecule has 0 fully saturated rings. The van der Waals surface area contributed by atoms with Gasteiger partial charge in [0.1, 0.15) is 5.75 Å². The van der Waals surface area contributed by atoms with Gasteiger partial charge in [-0.2, -0.15) is 0 Å². The molecular weight excluding hydrogens is 250 g/mol. The van der Waals surface area contributed by atoms with Crippen LogP contribution in [-0.2, 0) is 4.79 Å². The van der Waals surface area contributed by atoms with Gasteiger partial charge in [-0.15, -0.1) is 0 Å². The fraction of sp³-hybridized carbons (Fsp3) is 0.235. The molecule has 0 aliphatic rings. The normalized spacial score (nSPS) is 11.8. The minimum Gasteiger partial charge on any atom is -0.481 e. The van der Waals surface area contributed by atoms with Crippen LogP contribution in [0.1, 0.15) is 18.1 Å². The Balaban J connectivity index is 1.96. The first-order valence-electron chi connectivity index (χ1n) is 6.65. The van der Waals surface area contributed by atoms with E-state index in [2.05, 4.69) is 5.32 Å². The van der Waals surface area contributed by atoms with Crippen LogP contribution in [0, 0.1) is 13.8 Å². The number of benzene rings is 2. The van der Waals surface area contributed by atoms with E-state index in [1.54, 1.807) is 6.92 Å². The number of ether oxygens (including phenoxy) is 1. The highest BCUT2D eigenvalue weighted by Gasteiger charge is 2.14. The zero-order chi connectivity index (χ0) is 14.5. The number of aryl methyl sites for hydroxylation is 2. The summed E-state index contributed by atoms with van der Waals surface area (Å²) in [5, 5.41) is 2.85. The first kappa shape index (κ1) is 14.1. The fourth-order valence-electron chi connectivity index (χ4n) is 1.84. The largest absolute Gasteiger partial charge is 0.481 e. The van der Waals surface area contributed by atoms with E-state index in [-0.39, 0.29) is 5.91 Å². The Morgan fingerprint density at radius 2 is 1.75 bits per heavy atom. The number of hydrogen-bond donors (Lipinski definition) is 1. The molecule has 1 N–H and O–H groups in total. The topological polar surface area (TPSA) is 38.3 Å². The second-order valence-corrected chi connectivity index (χ2v) is 4.93. The molecule has 3 nitrogen and oxygen atoms in total. The Bertz CT molecular complexity index is 590. The lowest BCUT2D eigenvalue weighted by atomic mass is 10.2. The van der Waals surface area contributed by atoms with Crippen LogP contribution >= 0.6 is 0 Å². The van der Waals surface area contributed by atoms with E-state index in [1.165, 1.54) is 0 Å². The van der Waals surface area contributed by atoms with Crippen LogP contribution in [0.3, 0.4) is 0 Å². The van der Waals surface area contributed by atoms with Crippen molar-refractivity contribution in [2.75, 3.05) is 5.32 Å². The number of hydrogen-bond acceptors (Lipinski definition) is 2. The van der Waals surface area contributed by atoms with Crippen LogP contribution in [0.2, 0.25) is 0 Å². The summed E-state index contributed by atoms with van der Waals surface area (Å²) in [5.41, 5.74) is 3.05. The van der Waals surface area contributed by atoms with Gasteiger partial charge >= 0.3 is 0 Å². The van der Waals surface area contributed by atoms with E-state index in [4.69, 9.17) is 4.74 Å². The first-order chi connectivity index (χ1) is 9.54. The zero-order valence-electron chi connectivity index (χ0n) is 12.0. The lowest BCUT2D eigenvalue weighted by molar-refractivity contribution is -0.122. The zero-order valence-corrected chi connectivity index (χ0v) is 12.0. The predicted molar refractivity (Wildman–Crippen MR) is 81.1 cm³/mol. The number of carbonyl (C=O) groups is 1. The van der Waals surface area contributed by atoms with Crippen LogP contribution < -0.4 is 10.1 Å². The van der Waals surface area contributed by atoms with Gasteiger partial charge in [-0.1, -0.05) is 29.8 Å². The fourth-order valence-corrected chi connectivity index (χ4v) is 1.84. The molecule has 0 saturated carbocycles. The van der Waals surface area contributed by atoms with E-state index >= 15 is 0 Å². The Morgan fingerprint density at radius 1 is 1.05 bits per heavy atom. The summed E-state index contributed by atoms with van der Waals surface area (Å²) in [4.78, 5) is 12.1. The summed E-state index contributed by atoms with van der Waals surface area (Å²) in [6, 6.07) is 15.3. The molecule has 0 aromatic heterocycles. The number of carbonyl (C=O) groups excluding carboxylic acids is 1. The third-order valence-electron chi connectivity index (χ3n) is 2.99. The molecule has 20 heavy (non-hydrogen) atoms. The molecule has 2 aromatic carbocycles. The standard InChI is InChI=1S/C17H19NO2/c1-12-7-9-16(10-8-12)20-14(3)17(19)18-15-6-4-5-13(2)11-15/h4-11,14H,1-3H3,(H,18,19).